The van der Waals surface area contributed by atoms with Crippen molar-refractivity contribution in [2.75, 3.05) is 14.1 Å². The zero-order valence-electron chi connectivity index (χ0n) is 12.5. The van der Waals surface area contributed by atoms with Gasteiger partial charge in [0.25, 0.3) is 11.8 Å². The lowest BCUT2D eigenvalue weighted by atomic mass is 10.2. The van der Waals surface area contributed by atoms with Crippen LogP contribution in [-0.2, 0) is 9.59 Å². The van der Waals surface area contributed by atoms with E-state index in [-0.39, 0.29) is 0 Å². The lowest BCUT2D eigenvalue weighted by Gasteiger charge is -2.30. The van der Waals surface area contributed by atoms with Crippen molar-refractivity contribution in [3.63, 3.8) is 0 Å². The van der Waals surface area contributed by atoms with Gasteiger partial charge in [0.15, 0.2) is 0 Å². The summed E-state index contributed by atoms with van der Waals surface area (Å²) in [5.41, 5.74) is 1.07. The van der Waals surface area contributed by atoms with E-state index in [0.29, 0.717) is 11.2 Å². The van der Waals surface area contributed by atoms with Gasteiger partial charge in [0, 0.05) is 25.7 Å². The van der Waals surface area contributed by atoms with Crippen LogP contribution in [0.15, 0.2) is 46.8 Å². The average molecular weight is 311 g/mol. The number of rotatable bonds is 2. The Balaban J connectivity index is 1.96. The number of para-hydroxylation sites is 1. The van der Waals surface area contributed by atoms with Crippen molar-refractivity contribution in [2.45, 2.75) is 6.04 Å². The van der Waals surface area contributed by atoms with Gasteiger partial charge in [0.1, 0.15) is 5.69 Å². The minimum atomic E-state index is -1.36. The number of azo groups is 1. The molecule has 0 atom stereocenters. The van der Waals surface area contributed by atoms with E-state index in [9.17, 15) is 14.4 Å². The first-order chi connectivity index (χ1) is 11.0. The second-order valence-electron chi connectivity index (χ2n) is 5.05. The molecule has 23 heavy (non-hydrogen) atoms. The number of barbiturate groups is 1. The lowest BCUT2D eigenvalue weighted by Crippen LogP contribution is -2.58. The molecule has 8 heteroatoms. The van der Waals surface area contributed by atoms with E-state index in [2.05, 4.69) is 15.2 Å². The summed E-state index contributed by atoms with van der Waals surface area (Å²) in [7, 11) is 2.60. The van der Waals surface area contributed by atoms with Gasteiger partial charge in [-0.05, 0) is 12.1 Å². The second-order valence-corrected chi connectivity index (χ2v) is 5.05. The van der Waals surface area contributed by atoms with Crippen LogP contribution in [0.2, 0.25) is 0 Å². The van der Waals surface area contributed by atoms with Crippen LogP contribution in [-0.4, -0.2) is 52.8 Å². The molecular formula is C15H13N5O3. The minimum Gasteiger partial charge on any atom is -0.271 e. The topological polar surface area (TPSA) is 95.3 Å². The summed E-state index contributed by atoms with van der Waals surface area (Å²) >= 11 is 0. The molecule has 0 spiro atoms. The molecular weight excluding hydrogens is 298 g/mol. The molecule has 0 unspecified atom stereocenters. The first-order valence-electron chi connectivity index (χ1n) is 6.84. The van der Waals surface area contributed by atoms with Crippen molar-refractivity contribution in [2.24, 2.45) is 10.2 Å². The standard InChI is InChI=1S/C15H13N5O3/c1-19-13(21)12(14(22)20(2)15(19)23)18-17-10-7-3-5-9-6-4-8-16-11(9)10/h3-8,12H,1-2H3. The van der Waals surface area contributed by atoms with E-state index in [1.165, 1.54) is 14.1 Å². The molecule has 2 aromatic rings. The van der Waals surface area contributed by atoms with Crippen LogP contribution in [0, 0.1) is 0 Å². The summed E-state index contributed by atoms with van der Waals surface area (Å²) in [6.07, 6.45) is 1.62. The smallest absolute Gasteiger partial charge is 0.271 e. The maximum absolute atomic E-state index is 12.1. The number of pyridine rings is 1. The Morgan fingerprint density at radius 2 is 1.65 bits per heavy atom. The number of imide groups is 2. The Morgan fingerprint density at radius 3 is 2.35 bits per heavy atom. The number of aromatic nitrogens is 1. The number of carbonyl (C=O) groups excluding carboxylic acids is 3. The Kier molecular flexibility index (Phi) is 3.57. The number of hydrogen-bond acceptors (Lipinski definition) is 6. The fourth-order valence-electron chi connectivity index (χ4n) is 2.27. The molecule has 2 heterocycles. The molecule has 116 valence electrons. The molecule has 0 aliphatic carbocycles. The molecule has 1 aromatic carbocycles. The van der Waals surface area contributed by atoms with Gasteiger partial charge in [0.05, 0.1) is 5.52 Å². The third kappa shape index (κ3) is 2.44. The second kappa shape index (κ2) is 5.56. The fraction of sp³-hybridized carbons (Fsp3) is 0.200. The molecule has 1 aliphatic heterocycles. The first-order valence-corrected chi connectivity index (χ1v) is 6.84. The summed E-state index contributed by atoms with van der Waals surface area (Å²) in [6, 6.07) is 6.98. The van der Waals surface area contributed by atoms with Crippen LogP contribution in [0.3, 0.4) is 0 Å². The highest BCUT2D eigenvalue weighted by Gasteiger charge is 2.42. The maximum Gasteiger partial charge on any atom is 0.333 e. The molecule has 1 saturated heterocycles. The molecule has 1 aromatic heterocycles. The molecule has 0 saturated carbocycles. The van der Waals surface area contributed by atoms with Crippen molar-refractivity contribution >= 4 is 34.4 Å². The van der Waals surface area contributed by atoms with E-state index in [4.69, 9.17) is 0 Å². The third-order valence-electron chi connectivity index (χ3n) is 3.60. The average Bonchev–Trinajstić information content (AvgIpc) is 2.58. The van der Waals surface area contributed by atoms with Gasteiger partial charge >= 0.3 is 6.03 Å². The summed E-state index contributed by atoms with van der Waals surface area (Å²) in [4.78, 5) is 41.7. The summed E-state index contributed by atoms with van der Waals surface area (Å²) in [5, 5.41) is 8.73. The number of fused-ring (bicyclic) bond motifs is 1. The van der Waals surface area contributed by atoms with Crippen LogP contribution >= 0.6 is 0 Å². The van der Waals surface area contributed by atoms with E-state index in [1.807, 2.05) is 12.1 Å². The van der Waals surface area contributed by atoms with Crippen LogP contribution < -0.4 is 0 Å². The number of amides is 4. The van der Waals surface area contributed by atoms with E-state index < -0.39 is 23.9 Å². The van der Waals surface area contributed by atoms with Crippen LogP contribution in [0.1, 0.15) is 0 Å². The summed E-state index contributed by atoms with van der Waals surface area (Å²) < 4.78 is 0. The Labute approximate surface area is 131 Å². The zero-order chi connectivity index (χ0) is 16.6. The highest BCUT2D eigenvalue weighted by molar-refractivity contribution is 6.18. The van der Waals surface area contributed by atoms with Crippen LogP contribution in [0.4, 0.5) is 10.5 Å². The quantitative estimate of drug-likeness (QED) is 0.623. The number of benzene rings is 1. The van der Waals surface area contributed by atoms with Crippen molar-refractivity contribution < 1.29 is 14.4 Å². The van der Waals surface area contributed by atoms with E-state index >= 15 is 0 Å². The fourth-order valence-corrected chi connectivity index (χ4v) is 2.27. The highest BCUT2D eigenvalue weighted by atomic mass is 16.2. The minimum absolute atomic E-state index is 0.450. The normalized spacial score (nSPS) is 16.9. The molecule has 8 nitrogen and oxygen atoms in total. The molecule has 1 fully saturated rings. The summed E-state index contributed by atoms with van der Waals surface area (Å²) in [6.45, 7) is 0. The zero-order valence-corrected chi connectivity index (χ0v) is 12.5. The Bertz CT molecular complexity index is 819. The predicted molar refractivity (Wildman–Crippen MR) is 81.0 cm³/mol. The molecule has 0 radical (unpaired) electrons. The van der Waals surface area contributed by atoms with Crippen LogP contribution in [0.25, 0.3) is 10.9 Å². The van der Waals surface area contributed by atoms with Gasteiger partial charge in [-0.25, -0.2) is 4.79 Å². The molecule has 1 aliphatic rings. The van der Waals surface area contributed by atoms with Crippen molar-refractivity contribution in [1.82, 2.24) is 14.8 Å². The van der Waals surface area contributed by atoms with Crippen molar-refractivity contribution in [1.29, 1.82) is 0 Å². The lowest BCUT2D eigenvalue weighted by molar-refractivity contribution is -0.143. The van der Waals surface area contributed by atoms with E-state index in [1.54, 1.807) is 24.4 Å². The van der Waals surface area contributed by atoms with Gasteiger partial charge < -0.3 is 0 Å². The number of urea groups is 1. The van der Waals surface area contributed by atoms with Gasteiger partial charge in [0.2, 0.25) is 6.04 Å². The maximum atomic E-state index is 12.1. The van der Waals surface area contributed by atoms with Gasteiger partial charge in [-0.2, -0.15) is 10.2 Å². The number of hydrogen-bond donors (Lipinski definition) is 0. The van der Waals surface area contributed by atoms with E-state index in [0.717, 1.165) is 15.2 Å². The monoisotopic (exact) mass is 311 g/mol. The predicted octanol–water partition coefficient (Wildman–Crippen LogP) is 1.74. The Morgan fingerprint density at radius 1 is 1.00 bits per heavy atom. The molecule has 0 bridgehead atoms. The number of carbonyl (C=O) groups is 3. The number of nitrogens with zero attached hydrogens (tertiary/aromatic N) is 5. The largest absolute Gasteiger partial charge is 0.333 e. The third-order valence-corrected chi connectivity index (χ3v) is 3.60. The van der Waals surface area contributed by atoms with Crippen LogP contribution in [0.5, 0.6) is 0 Å². The van der Waals surface area contributed by atoms with Crippen molar-refractivity contribution in [3.8, 4) is 0 Å². The SMILES string of the molecule is CN1C(=O)C(N=Nc2cccc3cccnc23)C(=O)N(C)C1=O. The first kappa shape index (κ1) is 14.8. The van der Waals surface area contributed by atoms with Gasteiger partial charge in [-0.1, -0.05) is 18.2 Å². The van der Waals surface area contributed by atoms with Crippen molar-refractivity contribution in [3.05, 3.63) is 36.5 Å². The van der Waals surface area contributed by atoms with Gasteiger partial charge in [-0.15, -0.1) is 0 Å². The molecule has 0 N–H and O–H groups in total. The molecule has 3 rings (SSSR count). The highest BCUT2D eigenvalue weighted by Crippen LogP contribution is 2.24. The number of likely N-dealkylation sites (N-methyl/N-ethyl adjacent to an activating group) is 2. The Hall–Kier alpha value is -3.16. The molecule has 4 amide bonds. The summed E-state index contributed by atoms with van der Waals surface area (Å²) in [5.74, 6) is -1.40. The van der Waals surface area contributed by atoms with Gasteiger partial charge in [-0.3, -0.25) is 24.4 Å².